The molecule has 1 unspecified atom stereocenters. The quantitative estimate of drug-likeness (QED) is 0.684. The van der Waals surface area contributed by atoms with Gasteiger partial charge in [0.05, 0.1) is 36.4 Å². The summed E-state index contributed by atoms with van der Waals surface area (Å²) in [5, 5.41) is -1.05. The standard InChI is InChI=1S/C18H20ClFO6S/c1-2-24-17(21)14-10-18(25-7-8-26-18)6-5-16(14)27(22,23)11-12-3-4-13(20)9-15(12)19/h3-4,9-10,16H,2,5-8,11H2,1H3. The van der Waals surface area contributed by atoms with Gasteiger partial charge in [0, 0.05) is 11.4 Å². The highest BCUT2D eigenvalue weighted by Crippen LogP contribution is 2.38. The van der Waals surface area contributed by atoms with Crippen LogP contribution in [0.1, 0.15) is 25.3 Å². The predicted octanol–water partition coefficient (Wildman–Crippen LogP) is 2.79. The summed E-state index contributed by atoms with van der Waals surface area (Å²) in [4.78, 5) is 12.4. The number of hydrogen-bond donors (Lipinski definition) is 0. The number of esters is 1. The third-order valence-corrected chi connectivity index (χ3v) is 6.99. The fourth-order valence-electron chi connectivity index (χ4n) is 3.32. The summed E-state index contributed by atoms with van der Waals surface area (Å²) in [6.45, 7) is 2.49. The summed E-state index contributed by atoms with van der Waals surface area (Å²) in [5.41, 5.74) is 0.276. The minimum Gasteiger partial charge on any atom is -0.463 e. The van der Waals surface area contributed by atoms with E-state index in [9.17, 15) is 17.6 Å². The summed E-state index contributed by atoms with van der Waals surface area (Å²) >= 11 is 5.97. The van der Waals surface area contributed by atoms with Crippen LogP contribution in [0.15, 0.2) is 29.8 Å². The van der Waals surface area contributed by atoms with Crippen molar-refractivity contribution in [1.29, 1.82) is 0 Å². The molecule has 1 spiro atoms. The van der Waals surface area contributed by atoms with Crippen molar-refractivity contribution < 1.29 is 31.8 Å². The topological polar surface area (TPSA) is 78.9 Å². The molecule has 0 saturated carbocycles. The van der Waals surface area contributed by atoms with Gasteiger partial charge in [-0.3, -0.25) is 0 Å². The number of benzene rings is 1. The number of halogens is 2. The maximum absolute atomic E-state index is 13.2. The molecule has 1 aromatic carbocycles. The van der Waals surface area contributed by atoms with E-state index in [0.717, 1.165) is 12.1 Å². The average molecular weight is 419 g/mol. The Morgan fingerprint density at radius 2 is 2.07 bits per heavy atom. The first-order valence-electron chi connectivity index (χ1n) is 8.59. The molecule has 1 aromatic rings. The molecule has 3 rings (SSSR count). The third kappa shape index (κ3) is 4.34. The molecule has 0 radical (unpaired) electrons. The number of carbonyl (C=O) groups is 1. The minimum absolute atomic E-state index is 0.00299. The number of ether oxygens (including phenoxy) is 3. The number of sulfone groups is 1. The van der Waals surface area contributed by atoms with Crippen molar-refractivity contribution in [3.8, 4) is 0 Å². The van der Waals surface area contributed by atoms with E-state index in [1.807, 2.05) is 0 Å². The molecule has 148 valence electrons. The SMILES string of the molecule is CCOC(=O)C1=CC2(CCC1S(=O)(=O)Cc1ccc(F)cc1Cl)OCCO2. The maximum Gasteiger partial charge on any atom is 0.335 e. The monoisotopic (exact) mass is 418 g/mol. The zero-order valence-corrected chi connectivity index (χ0v) is 16.3. The number of hydrogen-bond acceptors (Lipinski definition) is 6. The number of rotatable bonds is 5. The normalized spacial score (nSPS) is 21.9. The van der Waals surface area contributed by atoms with Crippen molar-refractivity contribution in [2.75, 3.05) is 19.8 Å². The first-order valence-corrected chi connectivity index (χ1v) is 10.7. The van der Waals surface area contributed by atoms with Crippen molar-refractivity contribution in [2.24, 2.45) is 0 Å². The second-order valence-electron chi connectivity index (χ2n) is 6.40. The van der Waals surface area contributed by atoms with Crippen LogP contribution >= 0.6 is 11.6 Å². The van der Waals surface area contributed by atoms with Gasteiger partial charge >= 0.3 is 5.97 Å². The van der Waals surface area contributed by atoms with Gasteiger partial charge in [-0.05, 0) is 37.1 Å². The average Bonchev–Trinajstić information content (AvgIpc) is 3.05. The van der Waals surface area contributed by atoms with Gasteiger partial charge < -0.3 is 14.2 Å². The maximum atomic E-state index is 13.2. The highest BCUT2D eigenvalue weighted by molar-refractivity contribution is 7.91. The van der Waals surface area contributed by atoms with Gasteiger partial charge in [-0.1, -0.05) is 17.7 Å². The van der Waals surface area contributed by atoms with Gasteiger partial charge in [0.2, 0.25) is 0 Å². The van der Waals surface area contributed by atoms with Crippen molar-refractivity contribution in [1.82, 2.24) is 0 Å². The fourth-order valence-corrected chi connectivity index (χ4v) is 5.55. The van der Waals surface area contributed by atoms with Crippen LogP contribution in [-0.2, 0) is 34.6 Å². The van der Waals surface area contributed by atoms with Crippen LogP contribution in [-0.4, -0.2) is 45.2 Å². The molecule has 1 heterocycles. The van der Waals surface area contributed by atoms with Gasteiger partial charge in [0.25, 0.3) is 0 Å². The molecule has 0 amide bonds. The first-order chi connectivity index (χ1) is 12.8. The van der Waals surface area contributed by atoms with Crippen LogP contribution in [0, 0.1) is 5.82 Å². The largest absolute Gasteiger partial charge is 0.463 e. The van der Waals surface area contributed by atoms with Crippen LogP contribution in [0.2, 0.25) is 5.02 Å². The molecule has 1 aliphatic carbocycles. The Bertz CT molecular complexity index is 861. The molecule has 0 bridgehead atoms. The van der Waals surface area contributed by atoms with Crippen LogP contribution in [0.4, 0.5) is 4.39 Å². The fraction of sp³-hybridized carbons (Fsp3) is 0.500. The van der Waals surface area contributed by atoms with E-state index in [0.29, 0.717) is 19.6 Å². The number of carbonyl (C=O) groups excluding carboxylic acids is 1. The van der Waals surface area contributed by atoms with Crippen molar-refractivity contribution in [3.63, 3.8) is 0 Å². The highest BCUT2D eigenvalue weighted by Gasteiger charge is 2.46. The lowest BCUT2D eigenvalue weighted by Gasteiger charge is -2.33. The lowest BCUT2D eigenvalue weighted by Crippen LogP contribution is -2.40. The summed E-state index contributed by atoms with van der Waals surface area (Å²) in [6.07, 6.45) is 1.87. The smallest absolute Gasteiger partial charge is 0.335 e. The van der Waals surface area contributed by atoms with Gasteiger partial charge in [-0.25, -0.2) is 17.6 Å². The van der Waals surface area contributed by atoms with E-state index in [4.69, 9.17) is 25.8 Å². The Morgan fingerprint density at radius 3 is 2.70 bits per heavy atom. The Morgan fingerprint density at radius 1 is 1.37 bits per heavy atom. The lowest BCUT2D eigenvalue weighted by molar-refractivity contribution is -0.143. The molecular weight excluding hydrogens is 399 g/mol. The molecule has 2 aliphatic rings. The van der Waals surface area contributed by atoms with E-state index in [-0.39, 0.29) is 29.2 Å². The summed E-state index contributed by atoms with van der Waals surface area (Å²) in [6, 6.07) is 3.54. The molecule has 1 fully saturated rings. The highest BCUT2D eigenvalue weighted by atomic mass is 35.5. The molecule has 27 heavy (non-hydrogen) atoms. The van der Waals surface area contributed by atoms with Gasteiger partial charge in [-0.2, -0.15) is 0 Å². The lowest BCUT2D eigenvalue weighted by atomic mass is 9.94. The zero-order valence-electron chi connectivity index (χ0n) is 14.7. The summed E-state index contributed by atoms with van der Waals surface area (Å²) in [7, 11) is -3.82. The van der Waals surface area contributed by atoms with Gasteiger partial charge in [0.1, 0.15) is 5.82 Å². The van der Waals surface area contributed by atoms with Crippen molar-refractivity contribution >= 4 is 27.4 Å². The van der Waals surface area contributed by atoms with Crippen LogP contribution in [0.25, 0.3) is 0 Å². The molecular formula is C18H20ClFO6S. The second-order valence-corrected chi connectivity index (χ2v) is 8.99. The van der Waals surface area contributed by atoms with Gasteiger partial charge in [0.15, 0.2) is 15.6 Å². The van der Waals surface area contributed by atoms with E-state index >= 15 is 0 Å². The Kier molecular flexibility index (Phi) is 5.90. The molecule has 0 N–H and O–H groups in total. The molecule has 0 aromatic heterocycles. The van der Waals surface area contributed by atoms with E-state index in [2.05, 4.69) is 0 Å². The van der Waals surface area contributed by atoms with E-state index in [1.165, 1.54) is 12.1 Å². The van der Waals surface area contributed by atoms with Crippen molar-refractivity contribution in [3.05, 3.63) is 46.3 Å². The first kappa shape index (κ1) is 20.3. The second kappa shape index (κ2) is 7.87. The Labute approximate surface area is 162 Å². The zero-order chi connectivity index (χ0) is 19.7. The van der Waals surface area contributed by atoms with Gasteiger partial charge in [-0.15, -0.1) is 0 Å². The molecule has 1 saturated heterocycles. The summed E-state index contributed by atoms with van der Waals surface area (Å²) in [5.74, 6) is -2.76. The van der Waals surface area contributed by atoms with E-state index in [1.54, 1.807) is 6.92 Å². The Balaban J connectivity index is 1.93. The Hall–Kier alpha value is -1.48. The molecule has 9 heteroatoms. The third-order valence-electron chi connectivity index (χ3n) is 4.57. The van der Waals surface area contributed by atoms with Crippen LogP contribution < -0.4 is 0 Å². The molecule has 1 aliphatic heterocycles. The minimum atomic E-state index is -3.82. The van der Waals surface area contributed by atoms with Crippen LogP contribution in [0.5, 0.6) is 0 Å². The summed E-state index contributed by atoms with van der Waals surface area (Å²) < 4.78 is 55.5. The predicted molar refractivity (Wildman–Crippen MR) is 96.4 cm³/mol. The van der Waals surface area contributed by atoms with E-state index < -0.39 is 38.4 Å². The van der Waals surface area contributed by atoms with Crippen LogP contribution in [0.3, 0.4) is 0 Å². The molecule has 1 atom stereocenters. The van der Waals surface area contributed by atoms with Crippen molar-refractivity contribution in [2.45, 2.75) is 36.6 Å². The molecule has 6 nitrogen and oxygen atoms in total.